The van der Waals surface area contributed by atoms with Gasteiger partial charge in [-0.25, -0.2) is 0 Å². The molecule has 1 heterocycles. The van der Waals surface area contributed by atoms with Crippen molar-refractivity contribution in [2.24, 2.45) is 0 Å². The normalized spacial score (nSPS) is 10.2. The van der Waals surface area contributed by atoms with Crippen molar-refractivity contribution in [2.45, 2.75) is 0 Å². The molecule has 0 unspecified atom stereocenters. The van der Waals surface area contributed by atoms with Crippen LogP contribution in [0.2, 0.25) is 5.02 Å². The number of benzene rings is 2. The summed E-state index contributed by atoms with van der Waals surface area (Å²) in [5, 5.41) is 11.1. The molecule has 0 bridgehead atoms. The molecule has 0 aliphatic carbocycles. The lowest BCUT2D eigenvalue weighted by molar-refractivity contribution is 1.16. The van der Waals surface area contributed by atoms with Crippen molar-refractivity contribution in [1.29, 1.82) is 0 Å². The van der Waals surface area contributed by atoms with Crippen LogP contribution in [-0.2, 0) is 0 Å². The van der Waals surface area contributed by atoms with E-state index in [0.717, 1.165) is 21.8 Å². The fraction of sp³-hybridized carbons (Fsp3) is 0. The molecule has 0 amide bonds. The summed E-state index contributed by atoms with van der Waals surface area (Å²) in [6.07, 6.45) is 1.75. The van der Waals surface area contributed by atoms with Gasteiger partial charge in [0.15, 0.2) is 5.11 Å². The van der Waals surface area contributed by atoms with Gasteiger partial charge in [0, 0.05) is 5.69 Å². The molecule has 2 aromatic carbocycles. The molecule has 4 nitrogen and oxygen atoms in total. The van der Waals surface area contributed by atoms with Crippen LogP contribution in [0.1, 0.15) is 0 Å². The molecule has 110 valence electrons. The van der Waals surface area contributed by atoms with E-state index in [1.54, 1.807) is 6.20 Å². The van der Waals surface area contributed by atoms with Gasteiger partial charge in [-0.05, 0) is 53.6 Å². The largest absolute Gasteiger partial charge is 0.332 e. The first-order valence-corrected chi connectivity index (χ1v) is 7.99. The Kier molecular flexibility index (Phi) is 4.62. The number of anilines is 2. The number of para-hydroxylation sites is 1. The smallest absolute Gasteiger partial charge is 0.175 e. The van der Waals surface area contributed by atoms with Gasteiger partial charge < -0.3 is 10.6 Å². The van der Waals surface area contributed by atoms with E-state index in [0.29, 0.717) is 10.1 Å². The summed E-state index contributed by atoms with van der Waals surface area (Å²) in [4.78, 5) is 1.03. The predicted octanol–water partition coefficient (Wildman–Crippen LogP) is 4.67. The van der Waals surface area contributed by atoms with Crippen LogP contribution in [-0.4, -0.2) is 14.7 Å². The van der Waals surface area contributed by atoms with Crippen molar-refractivity contribution in [3.05, 3.63) is 59.8 Å². The van der Waals surface area contributed by atoms with Crippen LogP contribution in [0, 0.1) is 0 Å². The number of nitrogens with zero attached hydrogens (tertiary/aromatic N) is 2. The van der Waals surface area contributed by atoms with E-state index >= 15 is 0 Å². The Bertz CT molecular complexity index is 773. The Labute approximate surface area is 142 Å². The fourth-order valence-corrected chi connectivity index (χ4v) is 2.79. The second kappa shape index (κ2) is 6.83. The topological polar surface area (TPSA) is 49.8 Å². The average Bonchev–Trinajstić information content (AvgIpc) is 3.05. The van der Waals surface area contributed by atoms with Gasteiger partial charge in [0.1, 0.15) is 0 Å². The number of aromatic nitrogens is 2. The van der Waals surface area contributed by atoms with E-state index in [4.69, 9.17) is 23.8 Å². The number of thiocarbonyl (C=S) groups is 1. The standard InChI is InChI=1S/C15H11ClN4S2/c16-12-3-1-2-4-13(12)19-15(21)18-11-7-5-10(6-8-11)14-9-17-20-22-14/h1-9H,(H2,18,19,21). The molecule has 0 aliphatic heterocycles. The van der Waals surface area contributed by atoms with E-state index in [1.807, 2.05) is 48.5 Å². The minimum absolute atomic E-state index is 0.486. The van der Waals surface area contributed by atoms with Gasteiger partial charge in [0.05, 0.1) is 21.8 Å². The minimum Gasteiger partial charge on any atom is -0.332 e. The lowest BCUT2D eigenvalue weighted by atomic mass is 10.2. The maximum absolute atomic E-state index is 6.09. The summed E-state index contributed by atoms with van der Waals surface area (Å²) in [7, 11) is 0. The predicted molar refractivity (Wildman–Crippen MR) is 96.6 cm³/mol. The van der Waals surface area contributed by atoms with E-state index < -0.39 is 0 Å². The summed E-state index contributed by atoms with van der Waals surface area (Å²) in [5.41, 5.74) is 2.74. The van der Waals surface area contributed by atoms with E-state index in [2.05, 4.69) is 20.2 Å². The third-order valence-electron chi connectivity index (χ3n) is 2.91. The molecular formula is C15H11ClN4S2. The molecule has 0 saturated heterocycles. The zero-order chi connectivity index (χ0) is 15.4. The van der Waals surface area contributed by atoms with Crippen LogP contribution in [0.25, 0.3) is 10.4 Å². The SMILES string of the molecule is S=C(Nc1ccc(-c2cnns2)cc1)Nc1ccccc1Cl. The number of hydrogen-bond acceptors (Lipinski definition) is 4. The molecule has 7 heteroatoms. The molecule has 2 N–H and O–H groups in total. The highest BCUT2D eigenvalue weighted by Crippen LogP contribution is 2.24. The number of rotatable bonds is 3. The highest BCUT2D eigenvalue weighted by molar-refractivity contribution is 7.80. The monoisotopic (exact) mass is 346 g/mol. The Morgan fingerprint density at radius 2 is 1.82 bits per heavy atom. The van der Waals surface area contributed by atoms with Crippen LogP contribution >= 0.6 is 35.4 Å². The molecule has 0 atom stereocenters. The zero-order valence-electron chi connectivity index (χ0n) is 11.3. The number of nitrogens with one attached hydrogen (secondary N) is 2. The van der Waals surface area contributed by atoms with Gasteiger partial charge in [0.25, 0.3) is 0 Å². The highest BCUT2D eigenvalue weighted by atomic mass is 35.5. The zero-order valence-corrected chi connectivity index (χ0v) is 13.7. The van der Waals surface area contributed by atoms with Crippen LogP contribution in [0.3, 0.4) is 0 Å². The average molecular weight is 347 g/mol. The van der Waals surface area contributed by atoms with Gasteiger partial charge >= 0.3 is 0 Å². The molecule has 1 aromatic heterocycles. The summed E-state index contributed by atoms with van der Waals surface area (Å²) in [5.74, 6) is 0. The molecule has 0 spiro atoms. The first-order valence-electron chi connectivity index (χ1n) is 6.43. The Morgan fingerprint density at radius 1 is 1.05 bits per heavy atom. The van der Waals surface area contributed by atoms with Crippen molar-refractivity contribution in [3.8, 4) is 10.4 Å². The maximum atomic E-state index is 6.09. The Morgan fingerprint density at radius 3 is 2.50 bits per heavy atom. The lowest BCUT2D eigenvalue weighted by Crippen LogP contribution is -2.19. The first kappa shape index (κ1) is 14.9. The van der Waals surface area contributed by atoms with Crippen molar-refractivity contribution < 1.29 is 0 Å². The second-order valence-corrected chi connectivity index (χ2v) is 6.02. The van der Waals surface area contributed by atoms with E-state index in [1.165, 1.54) is 11.5 Å². The molecule has 0 radical (unpaired) electrons. The first-order chi connectivity index (χ1) is 10.7. The van der Waals surface area contributed by atoms with Crippen molar-refractivity contribution in [2.75, 3.05) is 10.6 Å². The Hall–Kier alpha value is -2.02. The lowest BCUT2D eigenvalue weighted by Gasteiger charge is -2.11. The van der Waals surface area contributed by atoms with E-state index in [9.17, 15) is 0 Å². The van der Waals surface area contributed by atoms with E-state index in [-0.39, 0.29) is 0 Å². The van der Waals surface area contributed by atoms with Crippen molar-refractivity contribution >= 4 is 51.8 Å². The van der Waals surface area contributed by atoms with Crippen LogP contribution in [0.15, 0.2) is 54.7 Å². The third kappa shape index (κ3) is 3.59. The number of halogens is 1. The van der Waals surface area contributed by atoms with Crippen LogP contribution < -0.4 is 10.6 Å². The molecular weight excluding hydrogens is 336 g/mol. The van der Waals surface area contributed by atoms with Crippen LogP contribution in [0.5, 0.6) is 0 Å². The van der Waals surface area contributed by atoms with Gasteiger partial charge in [-0.2, -0.15) is 0 Å². The van der Waals surface area contributed by atoms with Gasteiger partial charge in [0.2, 0.25) is 0 Å². The maximum Gasteiger partial charge on any atom is 0.175 e. The highest BCUT2D eigenvalue weighted by Gasteiger charge is 2.04. The van der Waals surface area contributed by atoms with Gasteiger partial charge in [-0.1, -0.05) is 40.4 Å². The summed E-state index contributed by atoms with van der Waals surface area (Å²) < 4.78 is 3.86. The molecule has 0 saturated carbocycles. The number of hydrogen-bond donors (Lipinski definition) is 2. The molecule has 3 aromatic rings. The molecule has 0 aliphatic rings. The molecule has 3 rings (SSSR count). The minimum atomic E-state index is 0.486. The Balaban J connectivity index is 1.66. The summed E-state index contributed by atoms with van der Waals surface area (Å²) in [6, 6.07) is 15.4. The molecule has 0 fully saturated rings. The van der Waals surface area contributed by atoms with Crippen molar-refractivity contribution in [1.82, 2.24) is 9.59 Å². The van der Waals surface area contributed by atoms with Gasteiger partial charge in [-0.3, -0.25) is 0 Å². The summed E-state index contributed by atoms with van der Waals surface area (Å²) >= 11 is 12.7. The third-order valence-corrected chi connectivity index (χ3v) is 4.16. The van der Waals surface area contributed by atoms with Gasteiger partial charge in [-0.15, -0.1) is 5.10 Å². The van der Waals surface area contributed by atoms with Crippen molar-refractivity contribution in [3.63, 3.8) is 0 Å². The molecule has 22 heavy (non-hydrogen) atoms. The fourth-order valence-electron chi connectivity index (χ4n) is 1.86. The summed E-state index contributed by atoms with van der Waals surface area (Å²) in [6.45, 7) is 0. The second-order valence-electron chi connectivity index (χ2n) is 4.42. The van der Waals surface area contributed by atoms with Crippen LogP contribution in [0.4, 0.5) is 11.4 Å². The quantitative estimate of drug-likeness (QED) is 0.675.